The molecule has 1 aliphatic heterocycles. The Morgan fingerprint density at radius 3 is 2.18 bits per heavy atom. The summed E-state index contributed by atoms with van der Waals surface area (Å²) in [7, 11) is 1.45. The molecule has 0 fully saturated rings. The van der Waals surface area contributed by atoms with E-state index in [-0.39, 0.29) is 11.3 Å². The van der Waals surface area contributed by atoms with Crippen LogP contribution in [0.2, 0.25) is 0 Å². The molecule has 0 saturated heterocycles. The lowest BCUT2D eigenvalue weighted by molar-refractivity contribution is -0.119. The largest absolute Gasteiger partial charge is 0.321 e. The number of carbonyl (C=O) groups is 2. The number of carbonyl (C=O) groups excluding carboxylic acids is 2. The number of nitrogens with zero attached hydrogens (tertiary/aromatic N) is 2. The molecule has 4 rings (SSSR count). The Bertz CT molecular complexity index is 1270. The number of fused-ring (bicyclic) bond motifs is 1. The third kappa shape index (κ3) is 4.27. The first-order valence-electron chi connectivity index (χ1n) is 9.68. The van der Waals surface area contributed by atoms with Gasteiger partial charge in [-0.3, -0.25) is 4.79 Å². The maximum atomic E-state index is 14.6. The minimum Gasteiger partial charge on any atom is -0.311 e. The predicted octanol–water partition coefficient (Wildman–Crippen LogP) is 4.20. The Morgan fingerprint density at radius 1 is 0.909 bits per heavy atom. The number of urea groups is 1. The maximum Gasteiger partial charge on any atom is 0.321 e. The molecule has 2 N–H and O–H groups in total. The average molecular weight is 456 g/mol. The molecule has 168 valence electrons. The fraction of sp³-hybridized carbons (Fsp3) is 0.0870. The van der Waals surface area contributed by atoms with E-state index >= 15 is 0 Å². The Morgan fingerprint density at radius 2 is 1.52 bits per heavy atom. The molecular formula is C23H16F4N4O2. The second kappa shape index (κ2) is 8.73. The molecule has 1 heterocycles. The van der Waals surface area contributed by atoms with E-state index in [2.05, 4.69) is 10.3 Å². The molecular weight excluding hydrogens is 440 g/mol. The number of hydrogen-bond acceptors (Lipinski definition) is 3. The number of benzene rings is 3. The van der Waals surface area contributed by atoms with Gasteiger partial charge in [0, 0.05) is 30.3 Å². The highest BCUT2D eigenvalue weighted by atomic mass is 19.1. The van der Waals surface area contributed by atoms with Crippen LogP contribution in [0.5, 0.6) is 0 Å². The molecule has 33 heavy (non-hydrogen) atoms. The Balaban J connectivity index is 1.72. The minimum absolute atomic E-state index is 0.0934. The Hall–Kier alpha value is -4.21. The van der Waals surface area contributed by atoms with Crippen LogP contribution in [0, 0.1) is 23.3 Å². The van der Waals surface area contributed by atoms with Crippen molar-refractivity contribution in [3.05, 3.63) is 95.1 Å². The summed E-state index contributed by atoms with van der Waals surface area (Å²) < 4.78 is 55.5. The number of anilines is 2. The lowest BCUT2D eigenvalue weighted by atomic mass is 10.00. The minimum atomic E-state index is -1.55. The Kier molecular flexibility index (Phi) is 5.82. The van der Waals surface area contributed by atoms with Crippen molar-refractivity contribution in [2.24, 2.45) is 4.99 Å². The van der Waals surface area contributed by atoms with Gasteiger partial charge in [-0.15, -0.1) is 0 Å². The number of hydrogen-bond donors (Lipinski definition) is 2. The first-order chi connectivity index (χ1) is 15.8. The number of halogens is 4. The van der Waals surface area contributed by atoms with Crippen molar-refractivity contribution >= 4 is 29.0 Å². The fourth-order valence-electron chi connectivity index (χ4n) is 3.42. The number of nitrogens with one attached hydrogen (secondary N) is 2. The van der Waals surface area contributed by atoms with Gasteiger partial charge in [-0.2, -0.15) is 0 Å². The SMILES string of the molecule is CN1C(=O)C(NC(=O)Nc2c(F)cc(F)cc2F)N=C(c2ccccc2F)c2ccccc21. The van der Waals surface area contributed by atoms with E-state index in [4.69, 9.17) is 0 Å². The van der Waals surface area contributed by atoms with Crippen molar-refractivity contribution in [2.45, 2.75) is 6.17 Å². The number of likely N-dealkylation sites (N-methyl/N-ethyl adjacent to an activating group) is 1. The van der Waals surface area contributed by atoms with E-state index in [9.17, 15) is 27.2 Å². The second-order valence-electron chi connectivity index (χ2n) is 7.12. The average Bonchev–Trinajstić information content (AvgIpc) is 2.87. The van der Waals surface area contributed by atoms with E-state index in [1.165, 1.54) is 30.1 Å². The van der Waals surface area contributed by atoms with Gasteiger partial charge < -0.3 is 15.5 Å². The summed E-state index contributed by atoms with van der Waals surface area (Å²) in [6, 6.07) is 12.1. The predicted molar refractivity (Wildman–Crippen MR) is 114 cm³/mol. The van der Waals surface area contributed by atoms with Gasteiger partial charge in [0.2, 0.25) is 6.17 Å². The number of aliphatic imine (C=N–C) groups is 1. The molecule has 0 spiro atoms. The van der Waals surface area contributed by atoms with E-state index in [0.717, 1.165) is 0 Å². The molecule has 3 aromatic rings. The van der Waals surface area contributed by atoms with Crippen LogP contribution in [0.25, 0.3) is 0 Å². The highest BCUT2D eigenvalue weighted by molar-refractivity contribution is 6.20. The molecule has 0 aliphatic carbocycles. The molecule has 3 amide bonds. The normalized spacial score (nSPS) is 15.4. The van der Waals surface area contributed by atoms with Crippen LogP contribution in [0.4, 0.5) is 33.7 Å². The van der Waals surface area contributed by atoms with Crippen LogP contribution in [0.15, 0.2) is 65.7 Å². The van der Waals surface area contributed by atoms with Crippen LogP contribution in [0.1, 0.15) is 11.1 Å². The molecule has 1 atom stereocenters. The number of benzodiazepines with no additional fused rings is 1. The molecule has 0 saturated carbocycles. The topological polar surface area (TPSA) is 73.8 Å². The standard InChI is InChI=1S/C23H16F4N4O2/c1-31-18-9-5-3-7-14(18)19(13-6-2-4-8-15(13)25)28-21(22(31)32)30-23(33)29-20-16(26)10-12(24)11-17(20)27/h2-11,21H,1H3,(H2,29,30,33). The first-order valence-corrected chi connectivity index (χ1v) is 9.68. The zero-order valence-corrected chi connectivity index (χ0v) is 17.1. The summed E-state index contributed by atoms with van der Waals surface area (Å²) in [4.78, 5) is 31.0. The van der Waals surface area contributed by atoms with Crippen molar-refractivity contribution in [1.82, 2.24) is 5.32 Å². The molecule has 1 unspecified atom stereocenters. The van der Waals surface area contributed by atoms with Gasteiger partial charge in [0.15, 0.2) is 11.6 Å². The van der Waals surface area contributed by atoms with Gasteiger partial charge in [-0.1, -0.05) is 30.3 Å². The monoisotopic (exact) mass is 456 g/mol. The molecule has 10 heteroatoms. The third-order valence-corrected chi connectivity index (χ3v) is 4.99. The van der Waals surface area contributed by atoms with E-state index in [0.29, 0.717) is 23.4 Å². The van der Waals surface area contributed by atoms with E-state index in [1.54, 1.807) is 30.3 Å². The van der Waals surface area contributed by atoms with Crippen LogP contribution in [-0.2, 0) is 4.79 Å². The summed E-state index contributed by atoms with van der Waals surface area (Å²) in [6.07, 6.45) is -1.55. The molecule has 1 aliphatic rings. The quantitative estimate of drug-likeness (QED) is 0.580. The number of amides is 3. The number of rotatable bonds is 3. The maximum absolute atomic E-state index is 14.6. The zero-order chi connectivity index (χ0) is 23.7. The van der Waals surface area contributed by atoms with Gasteiger partial charge in [-0.25, -0.2) is 27.3 Å². The lowest BCUT2D eigenvalue weighted by Crippen LogP contribution is -2.47. The summed E-state index contributed by atoms with van der Waals surface area (Å²) in [5.41, 5.74) is 0.162. The summed E-state index contributed by atoms with van der Waals surface area (Å²) in [6.45, 7) is 0. The highest BCUT2D eigenvalue weighted by Crippen LogP contribution is 2.28. The van der Waals surface area contributed by atoms with E-state index < -0.39 is 47.1 Å². The highest BCUT2D eigenvalue weighted by Gasteiger charge is 2.32. The third-order valence-electron chi connectivity index (χ3n) is 4.99. The fourth-order valence-corrected chi connectivity index (χ4v) is 3.42. The lowest BCUT2D eigenvalue weighted by Gasteiger charge is -2.21. The van der Waals surface area contributed by atoms with Crippen LogP contribution in [-0.4, -0.2) is 30.9 Å². The van der Waals surface area contributed by atoms with Crippen LogP contribution >= 0.6 is 0 Å². The van der Waals surface area contributed by atoms with Gasteiger partial charge in [0.05, 0.1) is 11.4 Å². The van der Waals surface area contributed by atoms with Gasteiger partial charge in [0.1, 0.15) is 17.3 Å². The van der Waals surface area contributed by atoms with Crippen LogP contribution in [0.3, 0.4) is 0 Å². The summed E-state index contributed by atoms with van der Waals surface area (Å²) in [5.74, 6) is -5.11. The first kappa shape index (κ1) is 22.0. The smallest absolute Gasteiger partial charge is 0.311 e. The second-order valence-corrected chi connectivity index (χ2v) is 7.12. The van der Waals surface area contributed by atoms with Crippen molar-refractivity contribution < 1.29 is 27.2 Å². The van der Waals surface area contributed by atoms with Gasteiger partial charge in [0.25, 0.3) is 5.91 Å². The van der Waals surface area contributed by atoms with Crippen molar-refractivity contribution in [1.29, 1.82) is 0 Å². The summed E-state index contributed by atoms with van der Waals surface area (Å²) in [5, 5.41) is 4.15. The van der Waals surface area contributed by atoms with Gasteiger partial charge >= 0.3 is 6.03 Å². The molecule has 0 radical (unpaired) electrons. The van der Waals surface area contributed by atoms with Crippen LogP contribution < -0.4 is 15.5 Å². The van der Waals surface area contributed by atoms with Gasteiger partial charge in [-0.05, 0) is 18.2 Å². The molecule has 6 nitrogen and oxygen atoms in total. The van der Waals surface area contributed by atoms with Crippen molar-refractivity contribution in [2.75, 3.05) is 17.3 Å². The van der Waals surface area contributed by atoms with Crippen molar-refractivity contribution in [3.8, 4) is 0 Å². The molecule has 0 aromatic heterocycles. The Labute approximate surface area is 185 Å². The summed E-state index contributed by atoms with van der Waals surface area (Å²) >= 11 is 0. The zero-order valence-electron chi connectivity index (χ0n) is 17.1. The van der Waals surface area contributed by atoms with E-state index in [1.807, 2.05) is 5.32 Å². The van der Waals surface area contributed by atoms with Crippen molar-refractivity contribution in [3.63, 3.8) is 0 Å². The molecule has 3 aromatic carbocycles. The number of para-hydroxylation sites is 1. The molecule has 0 bridgehead atoms.